The van der Waals surface area contributed by atoms with Gasteiger partial charge >= 0.3 is 11.9 Å². The maximum absolute atomic E-state index is 13.3. The largest absolute Gasteiger partial charge is 0.466 e. The molecule has 0 saturated carbocycles. The van der Waals surface area contributed by atoms with Crippen molar-refractivity contribution in [2.45, 2.75) is 52.5 Å². The van der Waals surface area contributed by atoms with E-state index in [1.165, 1.54) is 18.9 Å². The zero-order valence-electron chi connectivity index (χ0n) is 21.3. The Morgan fingerprint density at radius 1 is 1.17 bits per heavy atom. The number of hydrogen-bond acceptors (Lipinski definition) is 8. The van der Waals surface area contributed by atoms with Crippen molar-refractivity contribution in [3.05, 3.63) is 57.8 Å². The van der Waals surface area contributed by atoms with Crippen molar-refractivity contribution in [2.75, 3.05) is 26.8 Å². The summed E-state index contributed by atoms with van der Waals surface area (Å²) >= 11 is 1.47. The van der Waals surface area contributed by atoms with Crippen LogP contribution in [0.3, 0.4) is 0 Å². The highest BCUT2D eigenvalue weighted by Crippen LogP contribution is 2.45. The molecule has 3 aliphatic heterocycles. The first kappa shape index (κ1) is 26.0. The number of rotatable bonds is 7. The minimum atomic E-state index is -0.427. The van der Waals surface area contributed by atoms with Gasteiger partial charge in [0.2, 0.25) is 5.91 Å². The van der Waals surface area contributed by atoms with Crippen LogP contribution in [0.1, 0.15) is 56.7 Å². The Kier molecular flexibility index (Phi) is 8.18. The molecule has 0 aromatic heterocycles. The molecule has 1 fully saturated rings. The Bertz CT molecular complexity index is 1130. The van der Waals surface area contributed by atoms with Crippen LogP contribution >= 0.6 is 11.8 Å². The van der Waals surface area contributed by atoms with Crippen LogP contribution < -0.4 is 0 Å². The quantitative estimate of drug-likeness (QED) is 0.504. The number of aryl methyl sites for hydroxylation is 1. The minimum Gasteiger partial charge on any atom is -0.466 e. The molecule has 1 amide bonds. The number of carbonyl (C=O) groups excluding carboxylic acids is 3. The third kappa shape index (κ3) is 5.21. The second kappa shape index (κ2) is 11.3. The number of methoxy groups -OCH3 is 1. The predicted molar refractivity (Wildman–Crippen MR) is 139 cm³/mol. The Morgan fingerprint density at radius 2 is 1.92 bits per heavy atom. The number of likely N-dealkylation sites (tertiary alicyclic amines) is 1. The number of carbonyl (C=O) groups is 3. The van der Waals surface area contributed by atoms with Gasteiger partial charge in [0, 0.05) is 18.8 Å². The van der Waals surface area contributed by atoms with Gasteiger partial charge in [-0.15, -0.1) is 0 Å². The monoisotopic (exact) mass is 511 g/mol. The number of thioether (sulfide) groups is 1. The van der Waals surface area contributed by atoms with Crippen molar-refractivity contribution < 1.29 is 23.9 Å². The van der Waals surface area contributed by atoms with E-state index in [1.807, 2.05) is 47.3 Å². The van der Waals surface area contributed by atoms with Crippen molar-refractivity contribution in [1.82, 2.24) is 9.80 Å². The third-order valence-corrected chi connectivity index (χ3v) is 7.68. The summed E-state index contributed by atoms with van der Waals surface area (Å²) in [5.74, 6) is -0.742. The lowest BCUT2D eigenvalue weighted by Crippen LogP contribution is -2.42. The van der Waals surface area contributed by atoms with Crippen molar-refractivity contribution in [3.8, 4) is 0 Å². The fraction of sp³-hybridized carbons (Fsp3) is 0.481. The van der Waals surface area contributed by atoms with E-state index < -0.39 is 12.0 Å². The highest BCUT2D eigenvalue weighted by atomic mass is 32.2. The summed E-state index contributed by atoms with van der Waals surface area (Å²) in [5.41, 5.74) is 4.04. The summed E-state index contributed by atoms with van der Waals surface area (Å²) in [6, 6.07) is 7.62. The molecule has 1 atom stereocenters. The summed E-state index contributed by atoms with van der Waals surface area (Å²) in [6.07, 6.45) is 1.99. The molecule has 0 unspecified atom stereocenters. The molecule has 4 rings (SSSR count). The number of hydrogen-bond donors (Lipinski definition) is 0. The Hall–Kier alpha value is -3.07. The van der Waals surface area contributed by atoms with E-state index in [0.717, 1.165) is 22.0 Å². The summed E-state index contributed by atoms with van der Waals surface area (Å²) in [7, 11) is 1.38. The molecule has 0 spiro atoms. The number of nitrogens with zero attached hydrogens (tertiary/aromatic N) is 3. The van der Waals surface area contributed by atoms with Crippen LogP contribution in [0.2, 0.25) is 0 Å². The van der Waals surface area contributed by atoms with E-state index in [1.54, 1.807) is 6.92 Å². The van der Waals surface area contributed by atoms with E-state index >= 15 is 0 Å². The fourth-order valence-electron chi connectivity index (χ4n) is 4.96. The molecule has 192 valence electrons. The maximum atomic E-state index is 13.3. The van der Waals surface area contributed by atoms with Gasteiger partial charge in [-0.2, -0.15) is 0 Å². The standard InChI is InChI=1S/C27H33N3O5S/c1-5-21-23(26(33)34-4)24(19-9-7-8-17(3)14-19)30-20(16-36-27(30)28-21)15-22(31)29-12-10-18(11-13-29)25(32)35-6-2/h7-9,14,16,18,24H,5-6,10-13,15H2,1-4H3/t24-/m1/s1. The van der Waals surface area contributed by atoms with Gasteiger partial charge in [0.25, 0.3) is 0 Å². The van der Waals surface area contributed by atoms with Gasteiger partial charge in [-0.3, -0.25) is 9.59 Å². The number of piperidine rings is 1. The first-order valence-corrected chi connectivity index (χ1v) is 13.3. The zero-order chi connectivity index (χ0) is 25.8. The van der Waals surface area contributed by atoms with Gasteiger partial charge in [0.15, 0.2) is 5.17 Å². The first-order valence-electron chi connectivity index (χ1n) is 12.4. The van der Waals surface area contributed by atoms with E-state index in [2.05, 4.69) is 6.07 Å². The Balaban J connectivity index is 1.57. The fourth-order valence-corrected chi connectivity index (χ4v) is 5.90. The lowest BCUT2D eigenvalue weighted by Gasteiger charge is -2.37. The van der Waals surface area contributed by atoms with Gasteiger partial charge in [-0.25, -0.2) is 9.79 Å². The normalized spacial score (nSPS) is 20.1. The molecule has 1 aromatic rings. The van der Waals surface area contributed by atoms with Crippen LogP contribution in [-0.2, 0) is 23.9 Å². The second-order valence-corrected chi connectivity index (χ2v) is 9.93. The number of amides is 1. The van der Waals surface area contributed by atoms with E-state index in [0.29, 0.717) is 50.2 Å². The summed E-state index contributed by atoms with van der Waals surface area (Å²) < 4.78 is 10.3. The molecule has 0 aliphatic carbocycles. The van der Waals surface area contributed by atoms with Gasteiger partial charge < -0.3 is 19.3 Å². The van der Waals surface area contributed by atoms with Crippen molar-refractivity contribution in [3.63, 3.8) is 0 Å². The SMILES string of the molecule is CCOC(=O)C1CCN(C(=O)CC2=CSC3=NC(CC)=C(C(=O)OC)[C@@H](c4cccc(C)c4)N23)CC1. The number of amidine groups is 1. The molecule has 36 heavy (non-hydrogen) atoms. The molecule has 1 saturated heterocycles. The molecule has 1 aromatic carbocycles. The number of benzene rings is 1. The van der Waals surface area contributed by atoms with E-state index in [4.69, 9.17) is 14.5 Å². The highest BCUT2D eigenvalue weighted by molar-refractivity contribution is 8.16. The molecule has 0 N–H and O–H groups in total. The summed E-state index contributed by atoms with van der Waals surface area (Å²) in [6.45, 7) is 7.21. The number of fused-ring (bicyclic) bond motifs is 1. The van der Waals surface area contributed by atoms with Crippen molar-refractivity contribution >= 4 is 34.8 Å². The van der Waals surface area contributed by atoms with Crippen molar-refractivity contribution in [1.29, 1.82) is 0 Å². The van der Waals surface area contributed by atoms with Crippen LogP contribution in [0.4, 0.5) is 0 Å². The number of aliphatic imine (C=N–C) groups is 1. The Morgan fingerprint density at radius 3 is 2.56 bits per heavy atom. The van der Waals surface area contributed by atoms with E-state index in [-0.39, 0.29) is 24.2 Å². The second-order valence-electron chi connectivity index (χ2n) is 9.10. The van der Waals surface area contributed by atoms with Gasteiger partial charge in [-0.1, -0.05) is 48.5 Å². The smallest absolute Gasteiger partial charge is 0.338 e. The van der Waals surface area contributed by atoms with E-state index in [9.17, 15) is 14.4 Å². The van der Waals surface area contributed by atoms with Crippen LogP contribution in [-0.4, -0.2) is 59.6 Å². The molecule has 9 heteroatoms. The molecule has 0 bridgehead atoms. The third-order valence-electron chi connectivity index (χ3n) is 6.79. The summed E-state index contributed by atoms with van der Waals surface area (Å²) in [5, 5.41) is 2.72. The van der Waals surface area contributed by atoms with Gasteiger partial charge in [0.1, 0.15) is 0 Å². The lowest BCUT2D eigenvalue weighted by molar-refractivity contribution is -0.151. The predicted octanol–water partition coefficient (Wildman–Crippen LogP) is 4.32. The summed E-state index contributed by atoms with van der Waals surface area (Å²) in [4.78, 5) is 47.0. The van der Waals surface area contributed by atoms with Crippen LogP contribution in [0.5, 0.6) is 0 Å². The molecule has 3 heterocycles. The number of allylic oxidation sites excluding steroid dienone is 1. The van der Waals surface area contributed by atoms with Crippen molar-refractivity contribution in [2.24, 2.45) is 10.9 Å². The first-order chi connectivity index (χ1) is 17.4. The molecule has 0 radical (unpaired) electrons. The number of ether oxygens (including phenoxy) is 2. The zero-order valence-corrected chi connectivity index (χ0v) is 22.1. The van der Waals surface area contributed by atoms with Gasteiger partial charge in [0.05, 0.1) is 43.4 Å². The van der Waals surface area contributed by atoms with Gasteiger partial charge in [-0.05, 0) is 44.1 Å². The maximum Gasteiger partial charge on any atom is 0.338 e. The highest BCUT2D eigenvalue weighted by Gasteiger charge is 2.42. The van der Waals surface area contributed by atoms with Crippen LogP contribution in [0.25, 0.3) is 0 Å². The molecule has 8 nitrogen and oxygen atoms in total. The molecular weight excluding hydrogens is 478 g/mol. The Labute approximate surface area is 216 Å². The minimum absolute atomic E-state index is 0.00159. The van der Waals surface area contributed by atoms with Crippen LogP contribution in [0.15, 0.2) is 51.6 Å². The number of esters is 2. The average molecular weight is 512 g/mol. The molecule has 3 aliphatic rings. The van der Waals surface area contributed by atoms with Crippen LogP contribution in [0, 0.1) is 12.8 Å². The molecular formula is C27H33N3O5S. The lowest BCUT2D eigenvalue weighted by atomic mass is 9.92. The average Bonchev–Trinajstić information content (AvgIpc) is 3.29. The topological polar surface area (TPSA) is 88.5 Å².